The molecule has 0 amide bonds. The van der Waals surface area contributed by atoms with Crippen LogP contribution < -0.4 is 4.90 Å². The SMILES string of the molecule is c1ccc(-c2ccc(N(c3ccc(-c4nc5c(ccc6oc7ccccc7c65)o4)cc3)c3cccc(-c4cccc5oc6ccccc6c45)c3)cc2)cc1. The zero-order chi connectivity index (χ0) is 35.6. The maximum Gasteiger partial charge on any atom is 0.227 e. The first-order valence-electron chi connectivity index (χ1n) is 18.0. The first-order chi connectivity index (χ1) is 26.7. The second-order valence-corrected chi connectivity index (χ2v) is 13.5. The fourth-order valence-electron chi connectivity index (χ4n) is 7.79. The van der Waals surface area contributed by atoms with Crippen LogP contribution in [0.25, 0.3) is 88.7 Å². The molecule has 254 valence electrons. The van der Waals surface area contributed by atoms with Crippen molar-refractivity contribution in [2.24, 2.45) is 0 Å². The third kappa shape index (κ3) is 4.90. The van der Waals surface area contributed by atoms with Crippen LogP contribution in [0.2, 0.25) is 0 Å². The molecule has 0 saturated heterocycles. The number of nitrogens with zero attached hydrogens (tertiary/aromatic N) is 2. The number of anilines is 3. The van der Waals surface area contributed by atoms with E-state index in [1.54, 1.807) is 0 Å². The zero-order valence-electron chi connectivity index (χ0n) is 28.9. The van der Waals surface area contributed by atoms with Crippen LogP contribution in [0.4, 0.5) is 17.1 Å². The minimum Gasteiger partial charge on any atom is -0.456 e. The summed E-state index contributed by atoms with van der Waals surface area (Å²) in [4.78, 5) is 7.30. The predicted octanol–water partition coefficient (Wildman–Crippen LogP) is 14.1. The number of para-hydroxylation sites is 2. The maximum absolute atomic E-state index is 6.36. The van der Waals surface area contributed by atoms with E-state index in [4.69, 9.17) is 18.2 Å². The van der Waals surface area contributed by atoms with Crippen molar-refractivity contribution in [2.45, 2.75) is 0 Å². The minimum atomic E-state index is 0.565. The van der Waals surface area contributed by atoms with Crippen LogP contribution in [0, 0.1) is 0 Å². The molecule has 0 fully saturated rings. The number of furan rings is 2. The molecule has 3 aromatic heterocycles. The summed E-state index contributed by atoms with van der Waals surface area (Å²) in [6, 6.07) is 62.9. The molecule has 0 unspecified atom stereocenters. The second kappa shape index (κ2) is 12.1. The van der Waals surface area contributed by atoms with Gasteiger partial charge in [0.2, 0.25) is 5.89 Å². The van der Waals surface area contributed by atoms with E-state index in [-0.39, 0.29) is 0 Å². The molecule has 0 N–H and O–H groups in total. The van der Waals surface area contributed by atoms with Gasteiger partial charge in [-0.25, -0.2) is 4.98 Å². The topological polar surface area (TPSA) is 55.6 Å². The Bertz CT molecular complexity index is 3150. The molecule has 11 rings (SSSR count). The highest BCUT2D eigenvalue weighted by Crippen LogP contribution is 2.42. The third-order valence-electron chi connectivity index (χ3n) is 10.3. The molecule has 8 aromatic carbocycles. The minimum absolute atomic E-state index is 0.565. The van der Waals surface area contributed by atoms with Crippen LogP contribution in [0.5, 0.6) is 0 Å². The Hall–Kier alpha value is -7.37. The zero-order valence-corrected chi connectivity index (χ0v) is 28.9. The van der Waals surface area contributed by atoms with E-state index in [1.165, 1.54) is 5.56 Å². The molecule has 0 aliphatic heterocycles. The van der Waals surface area contributed by atoms with Crippen LogP contribution in [-0.4, -0.2) is 4.98 Å². The van der Waals surface area contributed by atoms with Crippen molar-refractivity contribution in [1.29, 1.82) is 0 Å². The van der Waals surface area contributed by atoms with Gasteiger partial charge in [0, 0.05) is 38.8 Å². The smallest absolute Gasteiger partial charge is 0.227 e. The number of benzene rings is 8. The first kappa shape index (κ1) is 30.3. The highest BCUT2D eigenvalue weighted by Gasteiger charge is 2.19. The monoisotopic (exact) mass is 694 g/mol. The lowest BCUT2D eigenvalue weighted by atomic mass is 9.98. The van der Waals surface area contributed by atoms with Crippen molar-refractivity contribution >= 4 is 72.0 Å². The molecule has 0 radical (unpaired) electrons. The van der Waals surface area contributed by atoms with Crippen molar-refractivity contribution in [3.63, 3.8) is 0 Å². The molecule has 5 heteroatoms. The van der Waals surface area contributed by atoms with Crippen molar-refractivity contribution < 1.29 is 13.3 Å². The third-order valence-corrected chi connectivity index (χ3v) is 10.3. The highest BCUT2D eigenvalue weighted by atomic mass is 16.4. The quantitative estimate of drug-likeness (QED) is 0.173. The van der Waals surface area contributed by atoms with Gasteiger partial charge in [-0.3, -0.25) is 0 Å². The molecule has 0 aliphatic rings. The van der Waals surface area contributed by atoms with Gasteiger partial charge in [0.05, 0.1) is 5.39 Å². The lowest BCUT2D eigenvalue weighted by Crippen LogP contribution is -2.10. The van der Waals surface area contributed by atoms with Crippen molar-refractivity contribution in [2.75, 3.05) is 4.90 Å². The number of oxazole rings is 1. The molecule has 5 nitrogen and oxygen atoms in total. The van der Waals surface area contributed by atoms with Crippen LogP contribution in [0.15, 0.2) is 195 Å². The van der Waals surface area contributed by atoms with E-state index in [9.17, 15) is 0 Å². The van der Waals surface area contributed by atoms with Gasteiger partial charge in [-0.1, -0.05) is 103 Å². The van der Waals surface area contributed by atoms with Gasteiger partial charge >= 0.3 is 0 Å². The van der Waals surface area contributed by atoms with Gasteiger partial charge in [0.15, 0.2) is 5.58 Å². The average molecular weight is 695 g/mol. The molecule has 0 atom stereocenters. The summed E-state index contributed by atoms with van der Waals surface area (Å²) in [6.07, 6.45) is 0. The normalized spacial score (nSPS) is 11.7. The van der Waals surface area contributed by atoms with E-state index in [2.05, 4.69) is 132 Å². The molecule has 0 bridgehead atoms. The Kier molecular flexibility index (Phi) is 6.79. The van der Waals surface area contributed by atoms with E-state index in [1.807, 2.05) is 54.6 Å². The maximum atomic E-state index is 6.36. The largest absolute Gasteiger partial charge is 0.456 e. The summed E-state index contributed by atoms with van der Waals surface area (Å²) >= 11 is 0. The second-order valence-electron chi connectivity index (χ2n) is 13.5. The predicted molar refractivity (Wildman–Crippen MR) is 220 cm³/mol. The Labute approximate surface area is 309 Å². The fourth-order valence-corrected chi connectivity index (χ4v) is 7.79. The van der Waals surface area contributed by atoms with E-state index >= 15 is 0 Å². The fraction of sp³-hybridized carbons (Fsp3) is 0. The molecule has 54 heavy (non-hydrogen) atoms. The Morgan fingerprint density at radius 3 is 1.65 bits per heavy atom. The van der Waals surface area contributed by atoms with E-state index in [0.29, 0.717) is 5.89 Å². The van der Waals surface area contributed by atoms with Crippen LogP contribution in [0.3, 0.4) is 0 Å². The Morgan fingerprint density at radius 2 is 0.907 bits per heavy atom. The summed E-state index contributed by atoms with van der Waals surface area (Å²) < 4.78 is 18.7. The number of hydrogen-bond donors (Lipinski definition) is 0. The molecular formula is C49H30N2O3. The van der Waals surface area contributed by atoms with Crippen LogP contribution in [-0.2, 0) is 0 Å². The Balaban J connectivity index is 1.02. The highest BCUT2D eigenvalue weighted by molar-refractivity contribution is 6.17. The summed E-state index contributed by atoms with van der Waals surface area (Å²) in [5, 5.41) is 4.23. The lowest BCUT2D eigenvalue weighted by molar-refractivity contribution is 0.619. The molecular weight excluding hydrogens is 665 g/mol. The summed E-state index contributed by atoms with van der Waals surface area (Å²) in [5.74, 6) is 0.565. The molecule has 3 heterocycles. The van der Waals surface area contributed by atoms with Gasteiger partial charge in [0.25, 0.3) is 0 Å². The molecule has 0 saturated carbocycles. The number of rotatable bonds is 6. The van der Waals surface area contributed by atoms with E-state index in [0.717, 1.165) is 94.3 Å². The molecule has 0 aliphatic carbocycles. The van der Waals surface area contributed by atoms with Gasteiger partial charge in [-0.2, -0.15) is 0 Å². The van der Waals surface area contributed by atoms with Gasteiger partial charge in [-0.15, -0.1) is 0 Å². The van der Waals surface area contributed by atoms with Crippen molar-refractivity contribution in [3.05, 3.63) is 182 Å². The first-order valence-corrected chi connectivity index (χ1v) is 18.0. The van der Waals surface area contributed by atoms with Gasteiger partial charge in [-0.05, 0) is 101 Å². The summed E-state index contributed by atoms with van der Waals surface area (Å²) in [5.41, 5.74) is 13.5. The molecule has 11 aromatic rings. The Morgan fingerprint density at radius 1 is 0.352 bits per heavy atom. The lowest BCUT2D eigenvalue weighted by Gasteiger charge is -2.26. The average Bonchev–Trinajstić information content (AvgIpc) is 3.95. The van der Waals surface area contributed by atoms with Gasteiger partial charge < -0.3 is 18.2 Å². The van der Waals surface area contributed by atoms with Crippen LogP contribution >= 0.6 is 0 Å². The molecule has 0 spiro atoms. The summed E-state index contributed by atoms with van der Waals surface area (Å²) in [7, 11) is 0. The standard InChI is InChI=1S/C49H30N2O3/c1-2-10-31(11-3-1)32-20-24-35(25-21-32)51(37-13-8-12-34(30-37)38-16-9-19-43-46(38)39-14-4-6-17-41(39)52-43)36-26-22-33(23-27-36)49-50-48-45(54-49)29-28-44-47(48)40-15-5-7-18-42(40)53-44/h1-30H. The van der Waals surface area contributed by atoms with Crippen molar-refractivity contribution in [1.82, 2.24) is 4.98 Å². The van der Waals surface area contributed by atoms with Gasteiger partial charge in [0.1, 0.15) is 27.8 Å². The summed E-state index contributed by atoms with van der Waals surface area (Å²) in [6.45, 7) is 0. The van der Waals surface area contributed by atoms with E-state index < -0.39 is 0 Å². The van der Waals surface area contributed by atoms with Crippen molar-refractivity contribution in [3.8, 4) is 33.7 Å². The number of hydrogen-bond acceptors (Lipinski definition) is 5. The van der Waals surface area contributed by atoms with Crippen LogP contribution in [0.1, 0.15) is 0 Å². The number of aromatic nitrogens is 1. The number of fused-ring (bicyclic) bond motifs is 8.